The van der Waals surface area contributed by atoms with Gasteiger partial charge in [0, 0.05) is 17.0 Å². The molecule has 1 aromatic heterocycles. The number of hydrogen-bond donors (Lipinski definition) is 1. The molecule has 20 heavy (non-hydrogen) atoms. The zero-order valence-electron chi connectivity index (χ0n) is 10.8. The lowest BCUT2D eigenvalue weighted by Crippen LogP contribution is -1.89. The molecule has 0 bridgehead atoms. The van der Waals surface area contributed by atoms with Gasteiger partial charge in [-0.3, -0.25) is 0 Å². The maximum atomic E-state index is 13.3. The van der Waals surface area contributed by atoms with Crippen LogP contribution < -0.4 is 4.74 Å². The van der Waals surface area contributed by atoms with Gasteiger partial charge >= 0.3 is 0 Å². The first-order chi connectivity index (χ1) is 9.67. The highest BCUT2D eigenvalue weighted by molar-refractivity contribution is 5.88. The van der Waals surface area contributed by atoms with Gasteiger partial charge in [0.05, 0.1) is 18.3 Å². The number of benzene rings is 2. The Hall–Kier alpha value is -2.62. The molecule has 0 amide bonds. The summed E-state index contributed by atoms with van der Waals surface area (Å²) in [7, 11) is 1.56. The second-order valence-corrected chi connectivity index (χ2v) is 4.42. The van der Waals surface area contributed by atoms with E-state index in [9.17, 15) is 9.50 Å². The van der Waals surface area contributed by atoms with Gasteiger partial charge in [-0.15, -0.1) is 0 Å². The highest BCUT2D eigenvalue weighted by atomic mass is 19.1. The van der Waals surface area contributed by atoms with E-state index in [1.807, 2.05) is 0 Å². The Morgan fingerprint density at radius 2 is 1.95 bits per heavy atom. The predicted molar refractivity (Wildman–Crippen MR) is 75.4 cm³/mol. The molecule has 3 rings (SSSR count). The molecule has 0 aliphatic carbocycles. The summed E-state index contributed by atoms with van der Waals surface area (Å²) in [5.41, 5.74) is 1.78. The zero-order valence-corrected chi connectivity index (χ0v) is 10.8. The molecule has 0 atom stereocenters. The van der Waals surface area contributed by atoms with Gasteiger partial charge in [-0.25, -0.2) is 9.37 Å². The molecule has 100 valence electrons. The van der Waals surface area contributed by atoms with E-state index in [0.717, 1.165) is 0 Å². The van der Waals surface area contributed by atoms with Crippen molar-refractivity contribution in [3.05, 3.63) is 54.3 Å². The van der Waals surface area contributed by atoms with Crippen molar-refractivity contribution in [3.63, 3.8) is 0 Å². The smallest absolute Gasteiger partial charge is 0.127 e. The molecule has 0 aliphatic heterocycles. The molecule has 1 N–H and O–H groups in total. The SMILES string of the molecule is COc1ccc2nc(-c3cccc(F)c3)cc(O)c2c1. The van der Waals surface area contributed by atoms with Gasteiger partial charge in [0.25, 0.3) is 0 Å². The van der Waals surface area contributed by atoms with Crippen LogP contribution in [0.4, 0.5) is 4.39 Å². The lowest BCUT2D eigenvalue weighted by molar-refractivity contribution is 0.415. The average molecular weight is 269 g/mol. The first-order valence-electron chi connectivity index (χ1n) is 6.11. The Kier molecular flexibility index (Phi) is 2.99. The minimum absolute atomic E-state index is 0.0909. The number of hydrogen-bond acceptors (Lipinski definition) is 3. The molecule has 1 heterocycles. The molecule has 0 fully saturated rings. The van der Waals surface area contributed by atoms with Gasteiger partial charge in [0.1, 0.15) is 17.3 Å². The van der Waals surface area contributed by atoms with Gasteiger partial charge in [0.2, 0.25) is 0 Å². The van der Waals surface area contributed by atoms with Crippen LogP contribution in [0.25, 0.3) is 22.2 Å². The number of rotatable bonds is 2. The molecule has 0 saturated heterocycles. The zero-order chi connectivity index (χ0) is 14.1. The third-order valence-corrected chi connectivity index (χ3v) is 3.11. The summed E-state index contributed by atoms with van der Waals surface area (Å²) in [5.74, 6) is 0.403. The number of nitrogens with zero attached hydrogens (tertiary/aromatic N) is 1. The Morgan fingerprint density at radius 3 is 2.70 bits per heavy atom. The van der Waals surface area contributed by atoms with E-state index in [2.05, 4.69) is 4.98 Å². The summed E-state index contributed by atoms with van der Waals surface area (Å²) >= 11 is 0. The van der Waals surface area contributed by atoms with Gasteiger partial charge in [-0.05, 0) is 30.3 Å². The summed E-state index contributed by atoms with van der Waals surface area (Å²) in [6.45, 7) is 0. The highest BCUT2D eigenvalue weighted by Crippen LogP contribution is 2.31. The first kappa shape index (κ1) is 12.4. The molecular formula is C16H12FNO2. The third-order valence-electron chi connectivity index (χ3n) is 3.11. The Balaban J connectivity index is 2.19. The van der Waals surface area contributed by atoms with Gasteiger partial charge in [-0.1, -0.05) is 12.1 Å². The fraction of sp³-hybridized carbons (Fsp3) is 0.0625. The predicted octanol–water partition coefficient (Wildman–Crippen LogP) is 3.76. The number of ether oxygens (including phenoxy) is 1. The molecule has 3 aromatic rings. The van der Waals surface area contributed by atoms with Crippen molar-refractivity contribution in [1.29, 1.82) is 0 Å². The fourth-order valence-electron chi connectivity index (χ4n) is 2.11. The van der Waals surface area contributed by atoms with Gasteiger partial charge in [0.15, 0.2) is 0 Å². The number of pyridine rings is 1. The molecule has 0 unspecified atom stereocenters. The minimum Gasteiger partial charge on any atom is -0.507 e. The molecule has 2 aromatic carbocycles. The third kappa shape index (κ3) is 2.16. The lowest BCUT2D eigenvalue weighted by Gasteiger charge is -2.07. The quantitative estimate of drug-likeness (QED) is 0.770. The number of fused-ring (bicyclic) bond motifs is 1. The van der Waals surface area contributed by atoms with Crippen LogP contribution in [0.3, 0.4) is 0 Å². The minimum atomic E-state index is -0.335. The van der Waals surface area contributed by atoms with Crippen molar-refractivity contribution in [2.45, 2.75) is 0 Å². The maximum Gasteiger partial charge on any atom is 0.127 e. The van der Waals surface area contributed by atoms with Gasteiger partial charge in [-0.2, -0.15) is 0 Å². The van der Waals surface area contributed by atoms with Crippen LogP contribution in [0.15, 0.2) is 48.5 Å². The van der Waals surface area contributed by atoms with Crippen LogP contribution in [0.1, 0.15) is 0 Å². The summed E-state index contributed by atoms with van der Waals surface area (Å²) < 4.78 is 18.4. The Labute approximate surface area is 115 Å². The van der Waals surface area contributed by atoms with Crippen molar-refractivity contribution in [3.8, 4) is 22.8 Å². The van der Waals surface area contributed by atoms with Crippen molar-refractivity contribution in [1.82, 2.24) is 4.98 Å². The summed E-state index contributed by atoms with van der Waals surface area (Å²) in [4.78, 5) is 4.44. The maximum absolute atomic E-state index is 13.3. The van der Waals surface area contributed by atoms with Crippen LogP contribution in [0.5, 0.6) is 11.5 Å². The second kappa shape index (κ2) is 4.81. The van der Waals surface area contributed by atoms with Crippen LogP contribution in [0.2, 0.25) is 0 Å². The lowest BCUT2D eigenvalue weighted by atomic mass is 10.1. The summed E-state index contributed by atoms with van der Waals surface area (Å²) in [6.07, 6.45) is 0. The number of methoxy groups -OCH3 is 1. The summed E-state index contributed by atoms with van der Waals surface area (Å²) in [6, 6.07) is 12.9. The molecule has 0 saturated carbocycles. The van der Waals surface area contributed by atoms with Crippen molar-refractivity contribution in [2.24, 2.45) is 0 Å². The Bertz CT molecular complexity index is 787. The van der Waals surface area contributed by atoms with E-state index in [-0.39, 0.29) is 11.6 Å². The largest absolute Gasteiger partial charge is 0.507 e. The summed E-state index contributed by atoms with van der Waals surface area (Å²) in [5, 5.41) is 10.7. The molecule has 0 spiro atoms. The monoisotopic (exact) mass is 269 g/mol. The second-order valence-electron chi connectivity index (χ2n) is 4.42. The highest BCUT2D eigenvalue weighted by Gasteiger charge is 2.08. The Morgan fingerprint density at radius 1 is 1.10 bits per heavy atom. The van der Waals surface area contributed by atoms with Crippen LogP contribution in [-0.2, 0) is 0 Å². The standard InChI is InChI=1S/C16H12FNO2/c1-20-12-5-6-14-13(8-12)16(19)9-15(18-14)10-3-2-4-11(17)7-10/h2-9H,1H3,(H,18,19). The molecule has 3 nitrogen and oxygen atoms in total. The average Bonchev–Trinajstić information content (AvgIpc) is 2.47. The van der Waals surface area contributed by atoms with E-state index >= 15 is 0 Å². The van der Waals surface area contributed by atoms with Crippen molar-refractivity contribution in [2.75, 3.05) is 7.11 Å². The van der Waals surface area contributed by atoms with Crippen molar-refractivity contribution < 1.29 is 14.2 Å². The van der Waals surface area contributed by atoms with Crippen LogP contribution in [0, 0.1) is 5.82 Å². The first-order valence-corrected chi connectivity index (χ1v) is 6.11. The van der Waals surface area contributed by atoms with E-state index < -0.39 is 0 Å². The number of aromatic hydroxyl groups is 1. The number of halogens is 1. The normalized spacial score (nSPS) is 10.7. The van der Waals surface area contributed by atoms with E-state index in [4.69, 9.17) is 4.74 Å². The molecule has 4 heteroatoms. The molecule has 0 radical (unpaired) electrons. The fourth-order valence-corrected chi connectivity index (χ4v) is 2.11. The van der Waals surface area contributed by atoms with E-state index in [0.29, 0.717) is 27.9 Å². The van der Waals surface area contributed by atoms with Gasteiger partial charge < -0.3 is 9.84 Å². The molecule has 0 aliphatic rings. The van der Waals surface area contributed by atoms with Crippen molar-refractivity contribution >= 4 is 10.9 Å². The van der Waals surface area contributed by atoms with Crippen LogP contribution in [-0.4, -0.2) is 17.2 Å². The topological polar surface area (TPSA) is 42.4 Å². The molecular weight excluding hydrogens is 257 g/mol. The van der Waals surface area contributed by atoms with E-state index in [1.165, 1.54) is 18.2 Å². The van der Waals surface area contributed by atoms with E-state index in [1.54, 1.807) is 37.4 Å². The van der Waals surface area contributed by atoms with Crippen LogP contribution >= 0.6 is 0 Å². The number of aromatic nitrogens is 1.